The summed E-state index contributed by atoms with van der Waals surface area (Å²) < 4.78 is 0. The minimum absolute atomic E-state index is 0. The zero-order valence-corrected chi connectivity index (χ0v) is 32.5. The molecule has 0 spiro atoms. The Kier molecular flexibility index (Phi) is 11.7. The van der Waals surface area contributed by atoms with Crippen molar-refractivity contribution < 1.29 is 20.1 Å². The van der Waals surface area contributed by atoms with E-state index < -0.39 is 0 Å². The summed E-state index contributed by atoms with van der Waals surface area (Å²) in [6.45, 7) is 2.17. The van der Waals surface area contributed by atoms with Gasteiger partial charge in [-0.1, -0.05) is 72.8 Å². The topological polar surface area (TPSA) is 38.7 Å². The minimum Gasteiger partial charge on any atom is -0.304 e. The fourth-order valence-electron chi connectivity index (χ4n) is 6.86. The Morgan fingerprint density at radius 1 is 0.407 bits per heavy atom. The van der Waals surface area contributed by atoms with E-state index in [4.69, 9.17) is 15.0 Å². The van der Waals surface area contributed by atoms with Crippen LogP contribution in [0.15, 0.2) is 164 Å². The van der Waals surface area contributed by atoms with Gasteiger partial charge in [0.2, 0.25) is 0 Å². The molecule has 3 heterocycles. The molecule has 54 heavy (non-hydrogen) atoms. The Hall–Kier alpha value is -5.80. The monoisotopic (exact) mass is 873 g/mol. The van der Waals surface area contributed by atoms with Crippen molar-refractivity contribution in [2.75, 3.05) is 0 Å². The van der Waals surface area contributed by atoms with Crippen LogP contribution in [-0.4, -0.2) is 15.0 Å². The molecular weight excluding hydrogens is 835 g/mol. The second-order valence-electron chi connectivity index (χ2n) is 13.4. The molecule has 0 atom stereocenters. The zero-order valence-electron chi connectivity index (χ0n) is 30.1. The molecule has 5 aromatic carbocycles. The molecule has 0 N–H and O–H groups in total. The van der Waals surface area contributed by atoms with Crippen LogP contribution in [0.4, 0.5) is 0 Å². The van der Waals surface area contributed by atoms with Gasteiger partial charge in [-0.3, -0.25) is 0 Å². The first kappa shape index (κ1) is 36.6. The third kappa shape index (κ3) is 8.69. The van der Waals surface area contributed by atoms with E-state index in [1.54, 1.807) is 0 Å². The van der Waals surface area contributed by atoms with Gasteiger partial charge in [0.15, 0.2) is 0 Å². The summed E-state index contributed by atoms with van der Waals surface area (Å²) in [5, 5.41) is 0. The molecule has 0 fully saturated rings. The van der Waals surface area contributed by atoms with Gasteiger partial charge >= 0.3 is 20.1 Å². The van der Waals surface area contributed by atoms with Gasteiger partial charge in [-0.25, -0.2) is 0 Å². The summed E-state index contributed by atoms with van der Waals surface area (Å²) in [6.07, 6.45) is 9.66. The smallest absolute Gasteiger partial charge is 0.304 e. The Morgan fingerprint density at radius 2 is 0.870 bits per heavy atom. The molecule has 8 rings (SSSR count). The van der Waals surface area contributed by atoms with E-state index in [1.807, 2.05) is 85.3 Å². The van der Waals surface area contributed by atoms with Gasteiger partial charge < -0.3 is 15.0 Å². The van der Waals surface area contributed by atoms with E-state index >= 15 is 0 Å². The van der Waals surface area contributed by atoms with Crippen LogP contribution >= 0.6 is 0 Å². The van der Waals surface area contributed by atoms with E-state index in [2.05, 4.69) is 104 Å². The van der Waals surface area contributed by atoms with Crippen LogP contribution in [0, 0.1) is 25.1 Å². The largest absolute Gasteiger partial charge is 3.00 e. The van der Waals surface area contributed by atoms with Crippen molar-refractivity contribution in [1.82, 2.24) is 15.0 Å². The van der Waals surface area contributed by atoms with Crippen LogP contribution in [-0.2, 0) is 45.8 Å². The second-order valence-corrected chi connectivity index (χ2v) is 13.4. The maximum Gasteiger partial charge on any atom is 3.00 e. The number of pyridine rings is 3. The molecule has 3 nitrogen and oxygen atoms in total. The van der Waals surface area contributed by atoms with Gasteiger partial charge in [-0.05, 0) is 94.2 Å². The third-order valence-electron chi connectivity index (χ3n) is 9.70. The third-order valence-corrected chi connectivity index (χ3v) is 9.70. The summed E-state index contributed by atoms with van der Waals surface area (Å²) in [4.78, 5) is 14.4. The molecule has 0 unspecified atom stereocenters. The fraction of sp³-hybridized carbons (Fsp3) is 0.100. The van der Waals surface area contributed by atoms with E-state index in [0.29, 0.717) is 0 Å². The van der Waals surface area contributed by atoms with Crippen molar-refractivity contribution >= 4 is 0 Å². The molecule has 0 saturated carbocycles. The predicted octanol–water partition coefficient (Wildman–Crippen LogP) is 11.5. The Bertz CT molecular complexity index is 2320. The molecule has 0 radical (unpaired) electrons. The first-order valence-electron chi connectivity index (χ1n) is 18.2. The first-order valence-corrected chi connectivity index (χ1v) is 18.2. The fourth-order valence-corrected chi connectivity index (χ4v) is 6.86. The molecule has 0 aliphatic carbocycles. The minimum atomic E-state index is 0. The maximum absolute atomic E-state index is 4.89. The Morgan fingerprint density at radius 3 is 1.33 bits per heavy atom. The average molecular weight is 873 g/mol. The standard InChI is InChI=1S/C50H38N3.Ir/c1-36-29-50(43-17-9-4-10-18-43)53-35-47(36)46-20-12-11-19-45(46)44-31-39(23-21-37-25-27-48(51-33-37)41-13-5-2-6-14-41)30-40(32-44)24-22-38-26-28-49(52-34-38)42-15-7-3-8-16-42;/h2-13,15,17,19-20,25-35H,21-24H2,1H3;/q-3;+3. The summed E-state index contributed by atoms with van der Waals surface area (Å²) in [6, 6.07) is 60.4. The number of hydrogen-bond donors (Lipinski definition) is 0. The second kappa shape index (κ2) is 17.4. The van der Waals surface area contributed by atoms with Gasteiger partial charge in [0.1, 0.15) is 0 Å². The van der Waals surface area contributed by atoms with Crippen molar-refractivity contribution in [1.29, 1.82) is 0 Å². The number of nitrogens with zero attached hydrogens (tertiary/aromatic N) is 3. The molecule has 262 valence electrons. The Balaban J connectivity index is 0.00000450. The van der Waals surface area contributed by atoms with E-state index in [1.165, 1.54) is 44.5 Å². The zero-order chi connectivity index (χ0) is 35.8. The molecule has 0 saturated heterocycles. The predicted molar refractivity (Wildman–Crippen MR) is 216 cm³/mol. The molecular formula is C50H38IrN3. The maximum atomic E-state index is 4.89. The molecule has 8 aromatic rings. The average Bonchev–Trinajstić information content (AvgIpc) is 3.23. The Labute approximate surface area is 332 Å². The molecule has 0 aliphatic rings. The number of aryl methyl sites for hydroxylation is 5. The van der Waals surface area contributed by atoms with Crippen molar-refractivity contribution in [2.45, 2.75) is 32.6 Å². The van der Waals surface area contributed by atoms with Gasteiger partial charge in [0.25, 0.3) is 0 Å². The molecule has 0 bridgehead atoms. The summed E-state index contributed by atoms with van der Waals surface area (Å²) in [5.74, 6) is 0. The molecule has 3 aromatic heterocycles. The summed E-state index contributed by atoms with van der Waals surface area (Å²) in [5.41, 5.74) is 16.8. The first-order chi connectivity index (χ1) is 26.2. The van der Waals surface area contributed by atoms with Crippen LogP contribution < -0.4 is 0 Å². The van der Waals surface area contributed by atoms with Gasteiger partial charge in [-0.15, -0.1) is 108 Å². The van der Waals surface area contributed by atoms with Crippen molar-refractivity contribution in [3.05, 3.63) is 210 Å². The van der Waals surface area contributed by atoms with Crippen LogP contribution in [0.3, 0.4) is 0 Å². The number of benzene rings is 5. The summed E-state index contributed by atoms with van der Waals surface area (Å²) in [7, 11) is 0. The van der Waals surface area contributed by atoms with Crippen LogP contribution in [0.25, 0.3) is 56.0 Å². The van der Waals surface area contributed by atoms with E-state index in [9.17, 15) is 0 Å². The van der Waals surface area contributed by atoms with Crippen molar-refractivity contribution in [2.24, 2.45) is 0 Å². The van der Waals surface area contributed by atoms with E-state index in [0.717, 1.165) is 65.0 Å². The number of hydrogen-bond acceptors (Lipinski definition) is 3. The number of aromatic nitrogens is 3. The summed E-state index contributed by atoms with van der Waals surface area (Å²) >= 11 is 0. The normalized spacial score (nSPS) is 10.8. The van der Waals surface area contributed by atoms with Crippen molar-refractivity contribution in [3.63, 3.8) is 0 Å². The van der Waals surface area contributed by atoms with E-state index in [-0.39, 0.29) is 20.1 Å². The quantitative estimate of drug-likeness (QED) is 0.122. The van der Waals surface area contributed by atoms with Gasteiger partial charge in [0.05, 0.1) is 0 Å². The van der Waals surface area contributed by atoms with Crippen LogP contribution in [0.5, 0.6) is 0 Å². The SMILES string of the molecule is Cc1cc(-c2[c-]cccc2)ncc1-c1ccccc1-c1cc(CCc2ccc(-c3[c-]cccc3)nc2)cc(CCc2ccc(-c3[c-]cccc3)nc2)c1.[Ir+3]. The van der Waals surface area contributed by atoms with Gasteiger partial charge in [0, 0.05) is 24.2 Å². The van der Waals surface area contributed by atoms with Crippen molar-refractivity contribution in [3.8, 4) is 56.0 Å². The molecule has 4 heteroatoms. The number of rotatable bonds is 11. The van der Waals surface area contributed by atoms with Crippen LogP contribution in [0.1, 0.15) is 27.8 Å². The molecule has 0 amide bonds. The van der Waals surface area contributed by atoms with Crippen LogP contribution in [0.2, 0.25) is 0 Å². The van der Waals surface area contributed by atoms with Gasteiger partial charge in [-0.2, -0.15) is 0 Å². The molecule has 0 aliphatic heterocycles.